The Morgan fingerprint density at radius 2 is 2.00 bits per heavy atom. The number of hydrogen-bond acceptors (Lipinski definition) is 3. The molecule has 0 bridgehead atoms. The molecule has 0 saturated carbocycles. The Balaban J connectivity index is 1.46. The summed E-state index contributed by atoms with van der Waals surface area (Å²) in [5.74, 6) is 0.621. The van der Waals surface area contributed by atoms with Crippen LogP contribution < -0.4 is 5.32 Å². The highest BCUT2D eigenvalue weighted by Crippen LogP contribution is 2.44. The van der Waals surface area contributed by atoms with Gasteiger partial charge in [-0.1, -0.05) is 61.8 Å². The van der Waals surface area contributed by atoms with E-state index in [1.807, 2.05) is 26.0 Å². The Bertz CT molecular complexity index is 913. The Morgan fingerprint density at radius 3 is 2.77 bits per heavy atom. The van der Waals surface area contributed by atoms with Crippen molar-refractivity contribution in [1.29, 1.82) is 0 Å². The number of carbonyl (C=O) groups excluding carboxylic acids is 1. The molecule has 1 saturated heterocycles. The van der Waals surface area contributed by atoms with E-state index in [1.165, 1.54) is 12.0 Å². The van der Waals surface area contributed by atoms with Gasteiger partial charge in [-0.25, -0.2) is 0 Å². The number of halogens is 1. The van der Waals surface area contributed by atoms with E-state index in [-0.39, 0.29) is 11.3 Å². The quantitative estimate of drug-likeness (QED) is 0.711. The third-order valence-electron chi connectivity index (χ3n) is 6.49. The molecule has 4 rings (SSSR count). The monoisotopic (exact) mass is 426 g/mol. The number of piperidine rings is 1. The van der Waals surface area contributed by atoms with Crippen LogP contribution in [-0.2, 0) is 16.6 Å². The number of hydrogen-bond donors (Lipinski definition) is 2. The van der Waals surface area contributed by atoms with Crippen molar-refractivity contribution < 1.29 is 9.90 Å². The van der Waals surface area contributed by atoms with Gasteiger partial charge in [0, 0.05) is 41.7 Å². The van der Waals surface area contributed by atoms with Gasteiger partial charge in [0.2, 0.25) is 5.91 Å². The predicted molar refractivity (Wildman–Crippen MR) is 122 cm³/mol. The Hall–Kier alpha value is -1.88. The minimum atomic E-state index is -0.647. The number of amides is 1. The zero-order valence-corrected chi connectivity index (χ0v) is 18.6. The number of β-amino-alcohol motifs (C(OH)–C–C–N with tert-alkyl or cyclic N) is 1. The largest absolute Gasteiger partial charge is 0.387 e. The summed E-state index contributed by atoms with van der Waals surface area (Å²) in [6.45, 7) is 6.65. The van der Waals surface area contributed by atoms with Gasteiger partial charge in [-0.2, -0.15) is 0 Å². The van der Waals surface area contributed by atoms with Crippen LogP contribution in [0, 0.1) is 5.92 Å². The van der Waals surface area contributed by atoms with Crippen molar-refractivity contribution in [3.8, 4) is 0 Å². The van der Waals surface area contributed by atoms with Crippen LogP contribution in [0.15, 0.2) is 42.5 Å². The summed E-state index contributed by atoms with van der Waals surface area (Å²) in [5, 5.41) is 14.5. The molecule has 2 aromatic rings. The average Bonchev–Trinajstić information content (AvgIpc) is 2.68. The smallest absolute Gasteiger partial charge is 0.225 e. The molecule has 0 spiro atoms. The first-order valence-corrected chi connectivity index (χ1v) is 11.3. The van der Waals surface area contributed by atoms with Crippen LogP contribution in [0.5, 0.6) is 0 Å². The number of carbonyl (C=O) groups is 1. The first-order valence-electron chi connectivity index (χ1n) is 10.9. The summed E-state index contributed by atoms with van der Waals surface area (Å²) in [6, 6.07) is 14.4. The van der Waals surface area contributed by atoms with Crippen LogP contribution in [0.2, 0.25) is 5.02 Å². The van der Waals surface area contributed by atoms with E-state index in [4.69, 9.17) is 11.6 Å². The maximum atomic E-state index is 12.0. The number of fused-ring (bicyclic) bond motifs is 1. The van der Waals surface area contributed by atoms with Crippen LogP contribution >= 0.6 is 11.6 Å². The van der Waals surface area contributed by atoms with E-state index >= 15 is 0 Å². The van der Waals surface area contributed by atoms with E-state index in [9.17, 15) is 9.90 Å². The number of aliphatic hydroxyl groups excluding tert-OH is 1. The van der Waals surface area contributed by atoms with Gasteiger partial charge in [0.1, 0.15) is 0 Å². The van der Waals surface area contributed by atoms with Crippen molar-refractivity contribution in [3.05, 3.63) is 64.2 Å². The van der Waals surface area contributed by atoms with Crippen molar-refractivity contribution in [3.63, 3.8) is 0 Å². The number of nitrogens with one attached hydrogen (secondary N) is 1. The maximum Gasteiger partial charge on any atom is 0.225 e. The first-order chi connectivity index (χ1) is 14.3. The van der Waals surface area contributed by atoms with E-state index in [0.717, 1.165) is 42.7 Å². The molecule has 4 nitrogen and oxygen atoms in total. The normalized spacial score (nSPS) is 22.3. The third-order valence-corrected chi connectivity index (χ3v) is 6.89. The molecular weight excluding hydrogens is 396 g/mol. The summed E-state index contributed by atoms with van der Waals surface area (Å²) in [7, 11) is 0. The number of likely N-dealkylation sites (tertiary alicyclic amines) is 1. The molecular formula is C25H31ClN2O2. The minimum absolute atomic E-state index is 0.00893. The lowest BCUT2D eigenvalue weighted by Crippen LogP contribution is -2.39. The van der Waals surface area contributed by atoms with Crippen molar-refractivity contribution in [2.45, 2.75) is 51.0 Å². The van der Waals surface area contributed by atoms with Gasteiger partial charge >= 0.3 is 0 Å². The number of aliphatic hydroxyl groups is 1. The summed E-state index contributed by atoms with van der Waals surface area (Å²) in [4.78, 5) is 14.4. The minimum Gasteiger partial charge on any atom is -0.387 e. The molecule has 1 amide bonds. The summed E-state index contributed by atoms with van der Waals surface area (Å²) < 4.78 is 0. The van der Waals surface area contributed by atoms with Crippen LogP contribution in [0.25, 0.3) is 0 Å². The molecule has 5 heteroatoms. The number of nitrogens with zero attached hydrogens (tertiary/aromatic N) is 1. The fraction of sp³-hybridized carbons (Fsp3) is 0.480. The molecule has 160 valence electrons. The van der Waals surface area contributed by atoms with E-state index in [1.54, 1.807) is 0 Å². The second-order valence-corrected chi connectivity index (χ2v) is 9.85. The lowest BCUT2D eigenvalue weighted by atomic mass is 9.77. The highest BCUT2D eigenvalue weighted by molar-refractivity contribution is 6.33. The summed E-state index contributed by atoms with van der Waals surface area (Å²) in [5.41, 5.74) is 3.48. The standard InChI is InChI=1S/C25H31ClN2O2/c1-25(2)14-22(30)27-20-11-10-19(24(26)23(20)25)21(29)16-28-12-6-9-18(15-28)13-17-7-4-3-5-8-17/h3-5,7-8,10-11,18,21,29H,6,9,12-16H2,1-2H3,(H,27,30)/t18-,21?/m1/s1. The molecule has 2 aliphatic heterocycles. The van der Waals surface area contributed by atoms with Gasteiger partial charge in [0.05, 0.1) is 11.1 Å². The van der Waals surface area contributed by atoms with Crippen LogP contribution in [-0.4, -0.2) is 35.5 Å². The lowest BCUT2D eigenvalue weighted by Gasteiger charge is -2.36. The van der Waals surface area contributed by atoms with E-state index in [0.29, 0.717) is 23.9 Å². The number of anilines is 1. The Labute approximate surface area is 184 Å². The molecule has 1 fully saturated rings. The first kappa shape index (κ1) is 21.4. The van der Waals surface area contributed by atoms with Crippen molar-refractivity contribution in [1.82, 2.24) is 4.90 Å². The fourth-order valence-corrected chi connectivity index (χ4v) is 5.62. The second-order valence-electron chi connectivity index (χ2n) is 9.47. The number of rotatable bonds is 5. The molecule has 0 aliphatic carbocycles. The second kappa shape index (κ2) is 8.70. The molecule has 30 heavy (non-hydrogen) atoms. The summed E-state index contributed by atoms with van der Waals surface area (Å²) in [6.07, 6.45) is 3.22. The molecule has 2 N–H and O–H groups in total. The molecule has 2 aliphatic rings. The van der Waals surface area contributed by atoms with Gasteiger partial charge in [0.25, 0.3) is 0 Å². The van der Waals surface area contributed by atoms with Crippen molar-refractivity contribution in [2.24, 2.45) is 5.92 Å². The molecule has 2 aromatic carbocycles. The zero-order valence-electron chi connectivity index (χ0n) is 17.8. The van der Waals surface area contributed by atoms with Crippen LogP contribution in [0.3, 0.4) is 0 Å². The molecule has 1 unspecified atom stereocenters. The van der Waals surface area contributed by atoms with E-state index < -0.39 is 6.10 Å². The van der Waals surface area contributed by atoms with Gasteiger partial charge < -0.3 is 15.3 Å². The van der Waals surface area contributed by atoms with Gasteiger partial charge in [-0.15, -0.1) is 0 Å². The van der Waals surface area contributed by atoms with Crippen molar-refractivity contribution >= 4 is 23.2 Å². The number of benzene rings is 2. The average molecular weight is 427 g/mol. The van der Waals surface area contributed by atoms with Crippen LogP contribution in [0.4, 0.5) is 5.69 Å². The highest BCUT2D eigenvalue weighted by atomic mass is 35.5. The molecule has 2 heterocycles. The maximum absolute atomic E-state index is 12.0. The summed E-state index contributed by atoms with van der Waals surface area (Å²) >= 11 is 6.78. The topological polar surface area (TPSA) is 52.6 Å². The van der Waals surface area contributed by atoms with Crippen molar-refractivity contribution in [2.75, 3.05) is 25.0 Å². The Kier molecular flexibility index (Phi) is 6.19. The fourth-order valence-electron chi connectivity index (χ4n) is 5.07. The molecule has 0 radical (unpaired) electrons. The Morgan fingerprint density at radius 1 is 1.23 bits per heavy atom. The zero-order chi connectivity index (χ0) is 21.3. The van der Waals surface area contributed by atoms with Gasteiger partial charge in [0.15, 0.2) is 0 Å². The highest BCUT2D eigenvalue weighted by Gasteiger charge is 2.35. The molecule has 0 aromatic heterocycles. The third kappa shape index (κ3) is 4.56. The lowest BCUT2D eigenvalue weighted by molar-refractivity contribution is -0.117. The SMILES string of the molecule is CC1(C)CC(=O)Nc2ccc(C(O)CN3CCC[C@H](Cc4ccccc4)C3)c(Cl)c21. The van der Waals surface area contributed by atoms with Crippen LogP contribution in [0.1, 0.15) is 55.9 Å². The molecule has 2 atom stereocenters. The predicted octanol–water partition coefficient (Wildman–Crippen LogP) is 4.95. The van der Waals surface area contributed by atoms with Gasteiger partial charge in [-0.3, -0.25) is 4.79 Å². The van der Waals surface area contributed by atoms with E-state index in [2.05, 4.69) is 40.5 Å². The van der Waals surface area contributed by atoms with Gasteiger partial charge in [-0.05, 0) is 43.4 Å².